The number of nitrogens with zero attached hydrogens (tertiary/aromatic N) is 1. The summed E-state index contributed by atoms with van der Waals surface area (Å²) in [6.07, 6.45) is 1.12. The van der Waals surface area contributed by atoms with E-state index in [-0.39, 0.29) is 0 Å². The molecule has 0 aromatic carbocycles. The van der Waals surface area contributed by atoms with Crippen molar-refractivity contribution in [2.24, 2.45) is 0 Å². The Morgan fingerprint density at radius 1 is 1.69 bits per heavy atom. The van der Waals surface area contributed by atoms with E-state index in [1.807, 2.05) is 0 Å². The first-order valence-electron chi connectivity index (χ1n) is 3.88. The lowest BCUT2D eigenvalue weighted by Crippen LogP contribution is -2.10. The molecule has 1 heterocycles. The fourth-order valence-electron chi connectivity index (χ4n) is 0.874. The minimum absolute atomic E-state index is 0.302. The van der Waals surface area contributed by atoms with Crippen molar-refractivity contribution in [2.45, 2.75) is 0 Å². The largest absolute Gasteiger partial charge is 0.396 e. The van der Waals surface area contributed by atoms with Crippen molar-refractivity contribution in [3.05, 3.63) is 18.1 Å². The van der Waals surface area contributed by atoms with Gasteiger partial charge in [-0.05, 0) is 0 Å². The average molecular weight is 185 g/mol. The number of aromatic nitrogens is 1. The topological polar surface area (TPSA) is 60.2 Å². The van der Waals surface area contributed by atoms with Gasteiger partial charge in [0.25, 0.3) is 0 Å². The molecule has 0 atom stereocenters. The van der Waals surface area contributed by atoms with Crippen molar-refractivity contribution >= 4 is 11.5 Å². The minimum atomic E-state index is -0.435. The van der Waals surface area contributed by atoms with Crippen LogP contribution in [0.5, 0.6) is 0 Å². The zero-order valence-electron chi connectivity index (χ0n) is 7.38. The van der Waals surface area contributed by atoms with Crippen LogP contribution in [0.3, 0.4) is 0 Å². The molecule has 0 radical (unpaired) electrons. The van der Waals surface area contributed by atoms with Crippen molar-refractivity contribution in [1.29, 1.82) is 0 Å². The highest BCUT2D eigenvalue weighted by molar-refractivity contribution is 5.60. The maximum Gasteiger partial charge on any atom is 0.149 e. The number of pyridine rings is 1. The Balaban J connectivity index is 2.56. The van der Waals surface area contributed by atoms with Gasteiger partial charge in [0, 0.05) is 19.7 Å². The number of rotatable bonds is 4. The van der Waals surface area contributed by atoms with Gasteiger partial charge in [-0.1, -0.05) is 0 Å². The van der Waals surface area contributed by atoms with Crippen molar-refractivity contribution in [3.63, 3.8) is 0 Å². The van der Waals surface area contributed by atoms with Gasteiger partial charge in [0.1, 0.15) is 11.6 Å². The maximum atomic E-state index is 12.5. The Kier molecular flexibility index (Phi) is 3.45. The summed E-state index contributed by atoms with van der Waals surface area (Å²) in [7, 11) is 1.60. The lowest BCUT2D eigenvalue weighted by atomic mass is 10.4. The highest BCUT2D eigenvalue weighted by Crippen LogP contribution is 2.14. The third-order valence-electron chi connectivity index (χ3n) is 1.48. The molecule has 13 heavy (non-hydrogen) atoms. The van der Waals surface area contributed by atoms with Crippen LogP contribution in [0, 0.1) is 5.82 Å². The SMILES string of the molecule is COCCNc1ncc(F)cc1N. The maximum absolute atomic E-state index is 12.5. The van der Waals surface area contributed by atoms with Crippen LogP contribution in [0.4, 0.5) is 15.9 Å². The van der Waals surface area contributed by atoms with Crippen molar-refractivity contribution < 1.29 is 9.13 Å². The molecule has 1 aromatic heterocycles. The third-order valence-corrected chi connectivity index (χ3v) is 1.48. The smallest absolute Gasteiger partial charge is 0.149 e. The summed E-state index contributed by atoms with van der Waals surface area (Å²) in [6, 6.07) is 1.22. The van der Waals surface area contributed by atoms with Gasteiger partial charge in [-0.3, -0.25) is 0 Å². The van der Waals surface area contributed by atoms with Gasteiger partial charge in [-0.25, -0.2) is 9.37 Å². The quantitative estimate of drug-likeness (QED) is 0.683. The van der Waals surface area contributed by atoms with Crippen LogP contribution in [0.15, 0.2) is 12.3 Å². The number of hydrogen-bond donors (Lipinski definition) is 2. The highest BCUT2D eigenvalue weighted by Gasteiger charge is 2.00. The van der Waals surface area contributed by atoms with E-state index in [1.54, 1.807) is 7.11 Å². The zero-order valence-corrected chi connectivity index (χ0v) is 7.38. The number of anilines is 2. The van der Waals surface area contributed by atoms with Crippen LogP contribution in [-0.4, -0.2) is 25.2 Å². The molecule has 0 fully saturated rings. The van der Waals surface area contributed by atoms with Crippen LogP contribution in [0.2, 0.25) is 0 Å². The van der Waals surface area contributed by atoms with Crippen LogP contribution < -0.4 is 11.1 Å². The predicted octanol–water partition coefficient (Wildman–Crippen LogP) is 0.861. The second-order valence-corrected chi connectivity index (χ2v) is 2.51. The summed E-state index contributed by atoms with van der Waals surface area (Å²) < 4.78 is 17.4. The highest BCUT2D eigenvalue weighted by atomic mass is 19.1. The molecule has 0 saturated carbocycles. The molecule has 1 rings (SSSR count). The molecule has 0 unspecified atom stereocenters. The molecule has 0 aliphatic carbocycles. The first-order chi connectivity index (χ1) is 6.24. The molecular formula is C8H12FN3O. The van der Waals surface area contributed by atoms with Crippen LogP contribution in [0.1, 0.15) is 0 Å². The Bertz CT molecular complexity index is 280. The molecule has 0 aliphatic heterocycles. The molecule has 0 spiro atoms. The molecule has 0 bridgehead atoms. The Hall–Kier alpha value is -1.36. The fraction of sp³-hybridized carbons (Fsp3) is 0.375. The van der Waals surface area contributed by atoms with E-state index in [2.05, 4.69) is 10.3 Å². The van der Waals surface area contributed by atoms with Gasteiger partial charge in [-0.15, -0.1) is 0 Å². The number of hydrogen-bond acceptors (Lipinski definition) is 4. The third kappa shape index (κ3) is 2.87. The number of ether oxygens (including phenoxy) is 1. The summed E-state index contributed by atoms with van der Waals surface area (Å²) in [4.78, 5) is 3.78. The normalized spacial score (nSPS) is 10.0. The molecule has 72 valence electrons. The standard InChI is InChI=1S/C8H12FN3O/c1-13-3-2-11-8-7(10)4-6(9)5-12-8/h4-5H,2-3,10H2,1H3,(H,11,12). The Morgan fingerprint density at radius 2 is 2.46 bits per heavy atom. The number of nitrogen functional groups attached to an aromatic ring is 1. The van der Waals surface area contributed by atoms with Crippen molar-refractivity contribution in [1.82, 2.24) is 4.98 Å². The minimum Gasteiger partial charge on any atom is -0.396 e. The van der Waals surface area contributed by atoms with E-state index in [4.69, 9.17) is 10.5 Å². The molecule has 0 saturated heterocycles. The Morgan fingerprint density at radius 3 is 3.08 bits per heavy atom. The number of methoxy groups -OCH3 is 1. The lowest BCUT2D eigenvalue weighted by molar-refractivity contribution is 0.210. The molecule has 0 aliphatic rings. The summed E-state index contributed by atoms with van der Waals surface area (Å²) in [5, 5.41) is 2.91. The number of nitrogens with one attached hydrogen (secondary N) is 1. The molecular weight excluding hydrogens is 173 g/mol. The molecule has 1 aromatic rings. The fourth-order valence-corrected chi connectivity index (χ4v) is 0.874. The van der Waals surface area contributed by atoms with Crippen molar-refractivity contribution in [2.75, 3.05) is 31.3 Å². The van der Waals surface area contributed by atoms with Crippen LogP contribution >= 0.6 is 0 Å². The van der Waals surface area contributed by atoms with E-state index in [0.717, 1.165) is 6.20 Å². The lowest BCUT2D eigenvalue weighted by Gasteiger charge is -2.06. The van der Waals surface area contributed by atoms with E-state index < -0.39 is 5.82 Å². The van der Waals surface area contributed by atoms with E-state index >= 15 is 0 Å². The molecule has 0 amide bonds. The second-order valence-electron chi connectivity index (χ2n) is 2.51. The molecule has 5 heteroatoms. The summed E-state index contributed by atoms with van der Waals surface area (Å²) in [6.45, 7) is 1.15. The zero-order chi connectivity index (χ0) is 9.68. The predicted molar refractivity (Wildman–Crippen MR) is 49.0 cm³/mol. The molecule has 4 nitrogen and oxygen atoms in total. The van der Waals surface area contributed by atoms with Gasteiger partial charge < -0.3 is 15.8 Å². The van der Waals surface area contributed by atoms with E-state index in [0.29, 0.717) is 24.7 Å². The van der Waals surface area contributed by atoms with Gasteiger partial charge in [0.2, 0.25) is 0 Å². The number of nitrogens with two attached hydrogens (primary N) is 1. The van der Waals surface area contributed by atoms with Gasteiger partial charge in [0.05, 0.1) is 18.5 Å². The second kappa shape index (κ2) is 4.61. The van der Waals surface area contributed by atoms with Gasteiger partial charge >= 0.3 is 0 Å². The first-order valence-corrected chi connectivity index (χ1v) is 3.88. The average Bonchev–Trinajstić information content (AvgIpc) is 2.09. The summed E-state index contributed by atoms with van der Waals surface area (Å²) in [5.74, 6) is 0.0493. The van der Waals surface area contributed by atoms with Crippen LogP contribution in [0.25, 0.3) is 0 Å². The number of halogens is 1. The van der Waals surface area contributed by atoms with Crippen LogP contribution in [-0.2, 0) is 4.74 Å². The van der Waals surface area contributed by atoms with E-state index in [1.165, 1.54) is 6.07 Å². The van der Waals surface area contributed by atoms with E-state index in [9.17, 15) is 4.39 Å². The Labute approximate surface area is 75.9 Å². The van der Waals surface area contributed by atoms with Gasteiger partial charge in [0.15, 0.2) is 0 Å². The summed E-state index contributed by atoms with van der Waals surface area (Å²) >= 11 is 0. The first kappa shape index (κ1) is 9.73. The van der Waals surface area contributed by atoms with Crippen molar-refractivity contribution in [3.8, 4) is 0 Å². The monoisotopic (exact) mass is 185 g/mol. The molecule has 3 N–H and O–H groups in total. The summed E-state index contributed by atoms with van der Waals surface area (Å²) in [5.41, 5.74) is 5.80. The van der Waals surface area contributed by atoms with Gasteiger partial charge in [-0.2, -0.15) is 0 Å².